The first-order valence-corrected chi connectivity index (χ1v) is 8.17. The number of allylic oxidation sites excluding steroid dienone is 2. The third-order valence-electron chi connectivity index (χ3n) is 6.16. The van der Waals surface area contributed by atoms with E-state index in [4.69, 9.17) is 6.57 Å². The third-order valence-corrected chi connectivity index (χ3v) is 6.16. The molecule has 2 heteroatoms. The minimum absolute atomic E-state index is 0.441. The van der Waals surface area contributed by atoms with Crippen LogP contribution in [0.1, 0.15) is 52.4 Å². The van der Waals surface area contributed by atoms with Crippen LogP contribution in [0.4, 0.5) is 0 Å². The van der Waals surface area contributed by atoms with Crippen molar-refractivity contribution in [1.29, 1.82) is 5.26 Å². The molecule has 0 aliphatic heterocycles. The van der Waals surface area contributed by atoms with Crippen molar-refractivity contribution >= 4 is 0 Å². The SMILES string of the molecule is [C-]#[N+]C(C#N)=C1C2CCC(C)CC2C2CC(C)CCC12. The van der Waals surface area contributed by atoms with Crippen LogP contribution in [-0.4, -0.2) is 0 Å². The van der Waals surface area contributed by atoms with Gasteiger partial charge in [0.05, 0.1) is 12.6 Å². The van der Waals surface area contributed by atoms with E-state index in [9.17, 15) is 5.26 Å². The minimum atomic E-state index is 0.441. The van der Waals surface area contributed by atoms with E-state index in [-0.39, 0.29) is 0 Å². The number of hydrogen-bond donors (Lipinski definition) is 0. The zero-order valence-electron chi connectivity index (χ0n) is 12.6. The second kappa shape index (κ2) is 5.25. The van der Waals surface area contributed by atoms with Crippen LogP contribution in [0, 0.1) is 53.4 Å². The highest BCUT2D eigenvalue weighted by Gasteiger charge is 2.50. The predicted octanol–water partition coefficient (Wildman–Crippen LogP) is 4.80. The molecule has 3 fully saturated rings. The Morgan fingerprint density at radius 1 is 1.05 bits per heavy atom. The Morgan fingerprint density at radius 2 is 1.55 bits per heavy atom. The molecule has 0 radical (unpaired) electrons. The second-order valence-electron chi connectivity index (χ2n) is 7.40. The third kappa shape index (κ3) is 2.07. The lowest BCUT2D eigenvalue weighted by atomic mass is 9.69. The van der Waals surface area contributed by atoms with Crippen molar-refractivity contribution < 1.29 is 0 Å². The van der Waals surface area contributed by atoms with E-state index >= 15 is 0 Å². The summed E-state index contributed by atoms with van der Waals surface area (Å²) in [5.41, 5.74) is 1.72. The highest BCUT2D eigenvalue weighted by Crippen LogP contribution is 2.59. The number of nitriles is 1. The highest BCUT2D eigenvalue weighted by atomic mass is 14.7. The summed E-state index contributed by atoms with van der Waals surface area (Å²) in [6, 6.07) is 2.21. The van der Waals surface area contributed by atoms with Gasteiger partial charge in [-0.05, 0) is 66.8 Å². The van der Waals surface area contributed by atoms with Crippen LogP contribution >= 0.6 is 0 Å². The highest BCUT2D eigenvalue weighted by molar-refractivity contribution is 5.39. The molecule has 0 amide bonds. The molecule has 2 nitrogen and oxygen atoms in total. The summed E-state index contributed by atoms with van der Waals surface area (Å²) in [5.74, 6) is 4.27. The zero-order valence-corrected chi connectivity index (χ0v) is 12.6. The maximum atomic E-state index is 9.35. The molecule has 0 spiro atoms. The first kappa shape index (κ1) is 13.7. The summed E-state index contributed by atoms with van der Waals surface area (Å²) >= 11 is 0. The molecule has 0 N–H and O–H groups in total. The maximum absolute atomic E-state index is 9.35. The zero-order chi connectivity index (χ0) is 14.3. The Bertz CT molecular complexity index is 460. The van der Waals surface area contributed by atoms with Crippen LogP contribution in [-0.2, 0) is 0 Å². The Labute approximate surface area is 122 Å². The lowest BCUT2D eigenvalue weighted by Gasteiger charge is -2.36. The van der Waals surface area contributed by atoms with E-state index in [0.717, 1.165) is 23.7 Å². The van der Waals surface area contributed by atoms with Gasteiger partial charge in [0.25, 0.3) is 5.70 Å². The van der Waals surface area contributed by atoms with Crippen molar-refractivity contribution in [2.75, 3.05) is 0 Å². The monoisotopic (exact) mass is 268 g/mol. The van der Waals surface area contributed by atoms with Gasteiger partial charge in [-0.25, -0.2) is 10.1 Å². The van der Waals surface area contributed by atoms with Crippen molar-refractivity contribution in [3.63, 3.8) is 0 Å². The summed E-state index contributed by atoms with van der Waals surface area (Å²) < 4.78 is 0. The smallest absolute Gasteiger partial charge is 0.227 e. The summed E-state index contributed by atoms with van der Waals surface area (Å²) in [4.78, 5) is 3.58. The molecule has 0 saturated heterocycles. The Morgan fingerprint density at radius 3 is 1.95 bits per heavy atom. The van der Waals surface area contributed by atoms with Crippen LogP contribution in [0.2, 0.25) is 0 Å². The van der Waals surface area contributed by atoms with Gasteiger partial charge in [0, 0.05) is 0 Å². The number of hydrogen-bond acceptors (Lipinski definition) is 1. The molecule has 3 saturated carbocycles. The van der Waals surface area contributed by atoms with Crippen LogP contribution in [0.25, 0.3) is 4.85 Å². The van der Waals surface area contributed by atoms with Crippen molar-refractivity contribution in [2.24, 2.45) is 35.5 Å². The van der Waals surface area contributed by atoms with E-state index in [0.29, 0.717) is 17.5 Å². The molecule has 0 aromatic rings. The Kier molecular flexibility index (Phi) is 3.59. The average molecular weight is 268 g/mol. The fourth-order valence-corrected chi connectivity index (χ4v) is 5.35. The van der Waals surface area contributed by atoms with Gasteiger partial charge in [-0.3, -0.25) is 0 Å². The molecule has 20 heavy (non-hydrogen) atoms. The quantitative estimate of drug-likeness (QED) is 0.458. The molecule has 6 unspecified atom stereocenters. The van der Waals surface area contributed by atoms with E-state index in [2.05, 4.69) is 24.8 Å². The van der Waals surface area contributed by atoms with E-state index in [1.807, 2.05) is 0 Å². The fraction of sp³-hybridized carbons (Fsp3) is 0.778. The molecular weight excluding hydrogens is 244 g/mol. The van der Waals surface area contributed by atoms with Gasteiger partial charge in [-0.15, -0.1) is 0 Å². The van der Waals surface area contributed by atoms with Gasteiger partial charge in [0.1, 0.15) is 0 Å². The molecule has 3 aliphatic carbocycles. The molecule has 0 heterocycles. The molecular formula is C18H24N2. The van der Waals surface area contributed by atoms with Crippen LogP contribution in [0.15, 0.2) is 11.3 Å². The maximum Gasteiger partial charge on any atom is 0.261 e. The summed E-state index contributed by atoms with van der Waals surface area (Å²) in [6.07, 6.45) is 7.61. The van der Waals surface area contributed by atoms with E-state index < -0.39 is 0 Å². The molecule has 6 atom stereocenters. The largest absolute Gasteiger partial charge is 0.261 e. The van der Waals surface area contributed by atoms with Crippen LogP contribution < -0.4 is 0 Å². The molecule has 0 aromatic carbocycles. The first-order valence-electron chi connectivity index (χ1n) is 8.17. The lowest BCUT2D eigenvalue weighted by molar-refractivity contribution is 0.133. The molecule has 106 valence electrons. The number of nitrogens with zero attached hydrogens (tertiary/aromatic N) is 2. The Balaban J connectivity index is 2.02. The normalized spacial score (nSPS) is 43.1. The van der Waals surface area contributed by atoms with Crippen LogP contribution in [0.3, 0.4) is 0 Å². The lowest BCUT2D eigenvalue weighted by Crippen LogP contribution is -2.28. The molecule has 3 aliphatic rings. The minimum Gasteiger partial charge on any atom is -0.227 e. The van der Waals surface area contributed by atoms with Crippen molar-refractivity contribution in [1.82, 2.24) is 0 Å². The standard InChI is InChI=1S/C18H24N2/c1-11-4-6-13-15(8-11)16-9-12(2)5-7-14(16)18(13)17(10-19)20-3/h11-16H,4-9H2,1-2H3. The summed E-state index contributed by atoms with van der Waals surface area (Å²) in [7, 11) is 0. The molecule has 0 aromatic heterocycles. The number of rotatable bonds is 0. The van der Waals surface area contributed by atoms with Crippen molar-refractivity contribution in [2.45, 2.75) is 52.4 Å². The first-order chi connectivity index (χ1) is 9.65. The topological polar surface area (TPSA) is 28.1 Å². The van der Waals surface area contributed by atoms with Crippen LogP contribution in [0.5, 0.6) is 0 Å². The van der Waals surface area contributed by atoms with E-state index in [1.54, 1.807) is 0 Å². The number of fused-ring (bicyclic) bond motifs is 3. The summed E-state index contributed by atoms with van der Waals surface area (Å²) in [6.45, 7) is 12.1. The van der Waals surface area contributed by atoms with Gasteiger partial charge in [0.2, 0.25) is 0 Å². The van der Waals surface area contributed by atoms with Crippen molar-refractivity contribution in [3.8, 4) is 6.07 Å². The second-order valence-corrected chi connectivity index (χ2v) is 7.40. The van der Waals surface area contributed by atoms with E-state index in [1.165, 1.54) is 44.1 Å². The summed E-state index contributed by atoms with van der Waals surface area (Å²) in [5, 5.41) is 9.35. The Hall–Kier alpha value is -1.28. The van der Waals surface area contributed by atoms with Gasteiger partial charge in [-0.1, -0.05) is 26.7 Å². The fourth-order valence-electron chi connectivity index (χ4n) is 5.35. The average Bonchev–Trinajstić information content (AvgIpc) is 2.74. The molecule has 3 rings (SSSR count). The van der Waals surface area contributed by atoms with Gasteiger partial charge in [-0.2, -0.15) is 0 Å². The van der Waals surface area contributed by atoms with Gasteiger partial charge < -0.3 is 0 Å². The van der Waals surface area contributed by atoms with Gasteiger partial charge in [0.15, 0.2) is 0 Å². The molecule has 0 bridgehead atoms. The van der Waals surface area contributed by atoms with Gasteiger partial charge >= 0.3 is 0 Å². The van der Waals surface area contributed by atoms with Crippen molar-refractivity contribution in [3.05, 3.63) is 22.7 Å². The predicted molar refractivity (Wildman–Crippen MR) is 79.2 cm³/mol.